The second-order valence-electron chi connectivity index (χ2n) is 8.00. The summed E-state index contributed by atoms with van der Waals surface area (Å²) in [7, 11) is 0. The topological polar surface area (TPSA) is 71.4 Å². The number of amides is 2. The van der Waals surface area contributed by atoms with Gasteiger partial charge in [-0.05, 0) is 62.4 Å². The molecule has 2 amide bonds. The van der Waals surface area contributed by atoms with Crippen LogP contribution in [-0.4, -0.2) is 56.4 Å². The van der Waals surface area contributed by atoms with Gasteiger partial charge in [0.05, 0.1) is 44.9 Å². The lowest BCUT2D eigenvalue weighted by molar-refractivity contribution is -0.915. The van der Waals surface area contributed by atoms with Crippen molar-refractivity contribution in [3.63, 3.8) is 0 Å². The summed E-state index contributed by atoms with van der Waals surface area (Å²) in [5, 5.41) is 0. The molecule has 2 heterocycles. The number of benzene rings is 2. The van der Waals surface area contributed by atoms with E-state index in [0.29, 0.717) is 17.9 Å². The SMILES string of the molecule is CCOc1ccc(N2C(=O)C[C@H]([NH+]3CCN(c4ccc(C(C)=O)cc4)CC3)C2=O)cc1. The van der Waals surface area contributed by atoms with Crippen molar-refractivity contribution in [1.82, 2.24) is 0 Å². The molecule has 7 nitrogen and oxygen atoms in total. The molecule has 0 radical (unpaired) electrons. The Labute approximate surface area is 182 Å². The van der Waals surface area contributed by atoms with Crippen molar-refractivity contribution >= 4 is 29.0 Å². The Morgan fingerprint density at radius 2 is 1.61 bits per heavy atom. The highest BCUT2D eigenvalue weighted by molar-refractivity contribution is 6.21. The molecular formula is C24H28N3O4+. The fraction of sp³-hybridized carbons (Fsp3) is 0.375. The van der Waals surface area contributed by atoms with Gasteiger partial charge in [0.25, 0.3) is 5.91 Å². The molecule has 2 aliphatic heterocycles. The number of nitrogens with zero attached hydrogens (tertiary/aromatic N) is 2. The predicted octanol–water partition coefficient (Wildman–Crippen LogP) is 1.32. The maximum Gasteiger partial charge on any atom is 0.292 e. The van der Waals surface area contributed by atoms with Crippen molar-refractivity contribution in [2.45, 2.75) is 26.3 Å². The lowest BCUT2D eigenvalue weighted by Crippen LogP contribution is -3.19. The molecule has 2 aliphatic rings. The van der Waals surface area contributed by atoms with Crippen LogP contribution in [0.4, 0.5) is 11.4 Å². The minimum absolute atomic E-state index is 0.0577. The van der Waals surface area contributed by atoms with Crippen molar-refractivity contribution < 1.29 is 24.0 Å². The number of imide groups is 1. The van der Waals surface area contributed by atoms with Crippen LogP contribution < -0.4 is 19.4 Å². The molecule has 0 spiro atoms. The van der Waals surface area contributed by atoms with E-state index >= 15 is 0 Å². The van der Waals surface area contributed by atoms with Gasteiger partial charge in [0.1, 0.15) is 5.75 Å². The van der Waals surface area contributed by atoms with Crippen LogP contribution in [0.1, 0.15) is 30.6 Å². The van der Waals surface area contributed by atoms with Gasteiger partial charge < -0.3 is 14.5 Å². The number of ether oxygens (including phenoxy) is 1. The summed E-state index contributed by atoms with van der Waals surface area (Å²) < 4.78 is 5.44. The molecule has 1 atom stereocenters. The van der Waals surface area contributed by atoms with Crippen LogP contribution in [-0.2, 0) is 9.59 Å². The molecule has 162 valence electrons. The number of quaternary nitrogens is 1. The Morgan fingerprint density at radius 3 is 2.19 bits per heavy atom. The van der Waals surface area contributed by atoms with Crippen LogP contribution in [0.2, 0.25) is 0 Å². The van der Waals surface area contributed by atoms with Gasteiger partial charge in [0.15, 0.2) is 11.8 Å². The van der Waals surface area contributed by atoms with Crippen molar-refractivity contribution in [3.8, 4) is 5.75 Å². The highest BCUT2D eigenvalue weighted by Crippen LogP contribution is 2.25. The number of nitrogens with one attached hydrogen (secondary N) is 1. The second-order valence-corrected chi connectivity index (χ2v) is 8.00. The van der Waals surface area contributed by atoms with Gasteiger partial charge in [-0.15, -0.1) is 0 Å². The molecule has 0 saturated carbocycles. The molecule has 7 heteroatoms. The summed E-state index contributed by atoms with van der Waals surface area (Å²) in [6, 6.07) is 14.4. The lowest BCUT2D eigenvalue weighted by Gasteiger charge is -2.35. The van der Waals surface area contributed by atoms with Gasteiger partial charge in [-0.25, -0.2) is 4.90 Å². The van der Waals surface area contributed by atoms with Crippen LogP contribution in [0.5, 0.6) is 5.75 Å². The third kappa shape index (κ3) is 4.32. The van der Waals surface area contributed by atoms with Crippen molar-refractivity contribution in [1.29, 1.82) is 0 Å². The molecule has 2 fully saturated rings. The Hall–Kier alpha value is -3.19. The van der Waals surface area contributed by atoms with Crippen LogP contribution >= 0.6 is 0 Å². The molecule has 2 saturated heterocycles. The minimum atomic E-state index is -0.332. The first kappa shape index (κ1) is 21.1. The fourth-order valence-electron chi connectivity index (χ4n) is 4.39. The fourth-order valence-corrected chi connectivity index (χ4v) is 4.39. The Bertz CT molecular complexity index is 963. The van der Waals surface area contributed by atoms with E-state index in [9.17, 15) is 14.4 Å². The first-order valence-electron chi connectivity index (χ1n) is 10.8. The summed E-state index contributed by atoms with van der Waals surface area (Å²) in [5.74, 6) is 0.514. The number of carbonyl (C=O) groups is 3. The van der Waals surface area contributed by atoms with E-state index in [1.54, 1.807) is 31.2 Å². The molecular weight excluding hydrogens is 394 g/mol. The van der Waals surface area contributed by atoms with E-state index in [1.807, 2.05) is 31.2 Å². The highest BCUT2D eigenvalue weighted by atomic mass is 16.5. The number of piperazine rings is 1. The summed E-state index contributed by atoms with van der Waals surface area (Å²) in [6.07, 6.45) is 0.245. The number of Topliss-reactive ketones (excluding diaryl/α,β-unsaturated/α-hetero) is 1. The van der Waals surface area contributed by atoms with Crippen molar-refractivity contribution in [2.75, 3.05) is 42.6 Å². The molecule has 0 aliphatic carbocycles. The molecule has 0 bridgehead atoms. The first-order chi connectivity index (χ1) is 15.0. The van der Waals surface area contributed by atoms with E-state index in [4.69, 9.17) is 4.74 Å². The summed E-state index contributed by atoms with van der Waals surface area (Å²) >= 11 is 0. The van der Waals surface area contributed by atoms with Crippen LogP contribution in [0.3, 0.4) is 0 Å². The average Bonchev–Trinajstić information content (AvgIpc) is 3.09. The van der Waals surface area contributed by atoms with E-state index in [1.165, 1.54) is 4.90 Å². The number of anilines is 2. The van der Waals surface area contributed by atoms with E-state index in [-0.39, 0.29) is 30.1 Å². The molecule has 31 heavy (non-hydrogen) atoms. The largest absolute Gasteiger partial charge is 0.494 e. The summed E-state index contributed by atoms with van der Waals surface area (Å²) in [6.45, 7) is 7.22. The van der Waals surface area contributed by atoms with Gasteiger partial charge in [-0.3, -0.25) is 14.4 Å². The molecule has 2 aromatic rings. The predicted molar refractivity (Wildman–Crippen MR) is 118 cm³/mol. The van der Waals surface area contributed by atoms with E-state index in [0.717, 1.165) is 42.5 Å². The summed E-state index contributed by atoms with van der Waals surface area (Å²) in [4.78, 5) is 41.9. The molecule has 0 aromatic heterocycles. The summed E-state index contributed by atoms with van der Waals surface area (Å²) in [5.41, 5.74) is 2.39. The van der Waals surface area contributed by atoms with Gasteiger partial charge in [-0.1, -0.05) is 0 Å². The maximum absolute atomic E-state index is 13.1. The highest BCUT2D eigenvalue weighted by Gasteiger charge is 2.46. The van der Waals surface area contributed by atoms with Crippen LogP contribution in [0.15, 0.2) is 48.5 Å². The smallest absolute Gasteiger partial charge is 0.292 e. The van der Waals surface area contributed by atoms with Gasteiger partial charge in [0, 0.05) is 11.3 Å². The zero-order valence-electron chi connectivity index (χ0n) is 18.0. The van der Waals surface area contributed by atoms with Crippen molar-refractivity contribution in [2.24, 2.45) is 0 Å². The molecule has 0 unspecified atom stereocenters. The molecule has 1 N–H and O–H groups in total. The standard InChI is InChI=1S/C24H27N3O4/c1-3-31-21-10-8-20(9-11-21)27-23(29)16-22(24(27)30)26-14-12-25(13-15-26)19-6-4-18(5-7-19)17(2)28/h4-11,22H,3,12-16H2,1-2H3/p+1/t22-/m0/s1. The van der Waals surface area contributed by atoms with Gasteiger partial charge in [-0.2, -0.15) is 0 Å². The van der Waals surface area contributed by atoms with Gasteiger partial charge in [0.2, 0.25) is 5.91 Å². The zero-order valence-corrected chi connectivity index (χ0v) is 18.0. The third-order valence-electron chi connectivity index (χ3n) is 6.09. The van der Waals surface area contributed by atoms with Gasteiger partial charge >= 0.3 is 0 Å². The third-order valence-corrected chi connectivity index (χ3v) is 6.09. The zero-order chi connectivity index (χ0) is 22.0. The quantitative estimate of drug-likeness (QED) is 0.562. The first-order valence-corrected chi connectivity index (χ1v) is 10.8. The molecule has 4 rings (SSSR count). The Morgan fingerprint density at radius 1 is 1.00 bits per heavy atom. The minimum Gasteiger partial charge on any atom is -0.494 e. The van der Waals surface area contributed by atoms with Crippen LogP contribution in [0, 0.1) is 0 Å². The Kier molecular flexibility index (Phi) is 6.04. The number of carbonyl (C=O) groups excluding carboxylic acids is 3. The lowest BCUT2D eigenvalue weighted by atomic mass is 10.1. The molecule has 2 aromatic carbocycles. The maximum atomic E-state index is 13.1. The number of hydrogen-bond acceptors (Lipinski definition) is 5. The Balaban J connectivity index is 1.39. The van der Waals surface area contributed by atoms with E-state index in [2.05, 4.69) is 4.90 Å². The average molecular weight is 423 g/mol. The van der Waals surface area contributed by atoms with Crippen LogP contribution in [0.25, 0.3) is 0 Å². The number of hydrogen-bond donors (Lipinski definition) is 1. The second kappa shape index (κ2) is 8.89. The van der Waals surface area contributed by atoms with E-state index < -0.39 is 0 Å². The normalized spacial score (nSPS) is 19.7. The number of rotatable bonds is 6. The monoisotopic (exact) mass is 422 g/mol. The van der Waals surface area contributed by atoms with Crippen molar-refractivity contribution in [3.05, 3.63) is 54.1 Å². The number of ketones is 1.